The number of aromatic nitrogens is 2. The van der Waals surface area contributed by atoms with Gasteiger partial charge in [-0.1, -0.05) is 5.16 Å². The van der Waals surface area contributed by atoms with Crippen molar-refractivity contribution in [3.8, 4) is 0 Å². The van der Waals surface area contributed by atoms with Gasteiger partial charge in [-0.15, -0.1) is 0 Å². The average molecular weight is 169 g/mol. The molecule has 0 atom stereocenters. The number of hydrogen-bond donors (Lipinski definition) is 2. The van der Waals surface area contributed by atoms with Crippen LogP contribution in [0.3, 0.4) is 0 Å². The first-order valence-corrected chi connectivity index (χ1v) is 3.53. The molecule has 1 aromatic heterocycles. The lowest BCUT2D eigenvalue weighted by Gasteiger charge is -1.89. The van der Waals surface area contributed by atoms with Crippen LogP contribution in [0.4, 0.5) is 0 Å². The third-order valence-electron chi connectivity index (χ3n) is 1.19. The van der Waals surface area contributed by atoms with E-state index in [9.17, 15) is 0 Å². The number of aliphatic imine (C=N–C) groups is 1. The molecule has 1 heterocycles. The molecule has 0 amide bonds. The van der Waals surface area contributed by atoms with E-state index in [0.29, 0.717) is 24.7 Å². The SMILES string of the molecule is Cc1noc(CCN=C(N)N)n1. The molecule has 6 heteroatoms. The minimum Gasteiger partial charge on any atom is -0.370 e. The van der Waals surface area contributed by atoms with Crippen LogP contribution in [0, 0.1) is 6.92 Å². The van der Waals surface area contributed by atoms with E-state index in [1.165, 1.54) is 0 Å². The summed E-state index contributed by atoms with van der Waals surface area (Å²) in [4.78, 5) is 7.75. The Kier molecular flexibility index (Phi) is 2.62. The molecular weight excluding hydrogens is 158 g/mol. The van der Waals surface area contributed by atoms with Crippen LogP contribution in [0.2, 0.25) is 0 Å². The van der Waals surface area contributed by atoms with Gasteiger partial charge in [-0.25, -0.2) is 0 Å². The summed E-state index contributed by atoms with van der Waals surface area (Å²) in [6.45, 7) is 2.23. The van der Waals surface area contributed by atoms with Crippen LogP contribution in [-0.4, -0.2) is 22.6 Å². The fraction of sp³-hybridized carbons (Fsp3) is 0.500. The van der Waals surface area contributed by atoms with Gasteiger partial charge in [0.1, 0.15) is 0 Å². The lowest BCUT2D eigenvalue weighted by Crippen LogP contribution is -2.23. The standard InChI is InChI=1S/C6H11N5O/c1-4-10-5(12-11-4)2-3-9-6(7)8/h2-3H2,1H3,(H4,7,8,9). The Morgan fingerprint density at radius 2 is 2.33 bits per heavy atom. The monoisotopic (exact) mass is 169 g/mol. The highest BCUT2D eigenvalue weighted by Crippen LogP contribution is 1.96. The van der Waals surface area contributed by atoms with E-state index in [0.717, 1.165) is 0 Å². The van der Waals surface area contributed by atoms with Crippen LogP contribution in [0.25, 0.3) is 0 Å². The number of guanidine groups is 1. The normalized spacial score (nSPS) is 9.75. The van der Waals surface area contributed by atoms with Crippen LogP contribution in [0.15, 0.2) is 9.52 Å². The van der Waals surface area contributed by atoms with Crippen molar-refractivity contribution in [2.24, 2.45) is 16.5 Å². The molecule has 1 rings (SSSR count). The Morgan fingerprint density at radius 1 is 1.58 bits per heavy atom. The molecule has 6 nitrogen and oxygen atoms in total. The quantitative estimate of drug-likeness (QED) is 0.455. The smallest absolute Gasteiger partial charge is 0.228 e. The van der Waals surface area contributed by atoms with Crippen LogP contribution >= 0.6 is 0 Å². The van der Waals surface area contributed by atoms with Gasteiger partial charge in [0.15, 0.2) is 11.8 Å². The van der Waals surface area contributed by atoms with Crippen molar-refractivity contribution in [3.05, 3.63) is 11.7 Å². The minimum atomic E-state index is 0.0752. The van der Waals surface area contributed by atoms with Crippen molar-refractivity contribution >= 4 is 5.96 Å². The predicted molar refractivity (Wildman–Crippen MR) is 43.4 cm³/mol. The second-order valence-corrected chi connectivity index (χ2v) is 2.29. The van der Waals surface area contributed by atoms with E-state index in [1.54, 1.807) is 6.92 Å². The second-order valence-electron chi connectivity index (χ2n) is 2.29. The molecule has 0 aliphatic heterocycles. The number of nitrogens with two attached hydrogens (primary N) is 2. The maximum atomic E-state index is 5.12. The van der Waals surface area contributed by atoms with E-state index >= 15 is 0 Å². The first kappa shape index (κ1) is 8.51. The van der Waals surface area contributed by atoms with Gasteiger partial charge < -0.3 is 16.0 Å². The maximum Gasteiger partial charge on any atom is 0.228 e. The van der Waals surface area contributed by atoms with Crippen molar-refractivity contribution < 1.29 is 4.52 Å². The largest absolute Gasteiger partial charge is 0.370 e. The van der Waals surface area contributed by atoms with E-state index in [2.05, 4.69) is 15.1 Å². The van der Waals surface area contributed by atoms with E-state index < -0.39 is 0 Å². The molecule has 0 unspecified atom stereocenters. The first-order valence-electron chi connectivity index (χ1n) is 3.53. The molecule has 0 fully saturated rings. The molecule has 0 spiro atoms. The molecule has 66 valence electrons. The molecule has 1 aromatic rings. The molecule has 0 saturated heterocycles. The topological polar surface area (TPSA) is 103 Å². The molecular formula is C6H11N5O. The lowest BCUT2D eigenvalue weighted by molar-refractivity contribution is 0.376. The highest BCUT2D eigenvalue weighted by Gasteiger charge is 2.00. The number of rotatable bonds is 3. The molecule has 0 saturated carbocycles. The molecule has 0 aliphatic rings. The zero-order valence-electron chi connectivity index (χ0n) is 6.82. The van der Waals surface area contributed by atoms with Crippen molar-refractivity contribution in [1.29, 1.82) is 0 Å². The maximum absolute atomic E-state index is 5.12. The Bertz CT molecular complexity index is 275. The molecule has 0 bridgehead atoms. The average Bonchev–Trinajstić information content (AvgIpc) is 2.35. The molecule has 0 aromatic carbocycles. The molecule has 0 aliphatic carbocycles. The first-order chi connectivity index (χ1) is 5.68. The van der Waals surface area contributed by atoms with Gasteiger partial charge in [0.05, 0.1) is 6.54 Å². The van der Waals surface area contributed by atoms with E-state index in [4.69, 9.17) is 16.0 Å². The molecule has 12 heavy (non-hydrogen) atoms. The third-order valence-corrected chi connectivity index (χ3v) is 1.19. The number of aryl methyl sites for hydroxylation is 1. The zero-order chi connectivity index (χ0) is 8.97. The highest BCUT2D eigenvalue weighted by atomic mass is 16.5. The van der Waals surface area contributed by atoms with Crippen molar-refractivity contribution in [2.75, 3.05) is 6.54 Å². The Morgan fingerprint density at radius 3 is 2.83 bits per heavy atom. The van der Waals surface area contributed by atoms with Gasteiger partial charge in [-0.05, 0) is 6.92 Å². The zero-order valence-corrected chi connectivity index (χ0v) is 6.82. The lowest BCUT2D eigenvalue weighted by atomic mass is 10.4. The fourth-order valence-corrected chi connectivity index (χ4v) is 0.722. The van der Waals surface area contributed by atoms with Gasteiger partial charge in [0, 0.05) is 6.42 Å². The summed E-state index contributed by atoms with van der Waals surface area (Å²) in [5, 5.41) is 3.62. The predicted octanol–water partition coefficient (Wildman–Crippen LogP) is -0.806. The molecule has 0 radical (unpaired) electrons. The van der Waals surface area contributed by atoms with Crippen molar-refractivity contribution in [3.63, 3.8) is 0 Å². The van der Waals surface area contributed by atoms with Crippen LogP contribution in [-0.2, 0) is 6.42 Å². The van der Waals surface area contributed by atoms with Crippen molar-refractivity contribution in [2.45, 2.75) is 13.3 Å². The summed E-state index contributed by atoms with van der Waals surface area (Å²) in [6, 6.07) is 0. The Balaban J connectivity index is 2.38. The van der Waals surface area contributed by atoms with E-state index in [-0.39, 0.29) is 5.96 Å². The number of hydrogen-bond acceptors (Lipinski definition) is 4. The van der Waals surface area contributed by atoms with Crippen LogP contribution < -0.4 is 11.5 Å². The number of nitrogens with zero attached hydrogens (tertiary/aromatic N) is 3. The summed E-state index contributed by atoms with van der Waals surface area (Å²) in [7, 11) is 0. The summed E-state index contributed by atoms with van der Waals surface area (Å²) in [5.41, 5.74) is 10.2. The van der Waals surface area contributed by atoms with Gasteiger partial charge in [0.25, 0.3) is 0 Å². The van der Waals surface area contributed by atoms with Gasteiger partial charge in [0.2, 0.25) is 5.89 Å². The summed E-state index contributed by atoms with van der Waals surface area (Å²) in [6.07, 6.45) is 0.568. The third kappa shape index (κ3) is 2.57. The minimum absolute atomic E-state index is 0.0752. The Hall–Kier alpha value is -1.59. The fourth-order valence-electron chi connectivity index (χ4n) is 0.722. The summed E-state index contributed by atoms with van der Waals surface area (Å²) in [5.74, 6) is 1.25. The van der Waals surface area contributed by atoms with Gasteiger partial charge in [-0.2, -0.15) is 4.98 Å². The Labute approximate surface area is 69.7 Å². The summed E-state index contributed by atoms with van der Waals surface area (Å²) >= 11 is 0. The summed E-state index contributed by atoms with van der Waals surface area (Å²) < 4.78 is 4.83. The second kappa shape index (κ2) is 3.70. The van der Waals surface area contributed by atoms with Gasteiger partial charge >= 0.3 is 0 Å². The highest BCUT2D eigenvalue weighted by molar-refractivity contribution is 5.75. The van der Waals surface area contributed by atoms with Crippen molar-refractivity contribution in [1.82, 2.24) is 10.1 Å². The van der Waals surface area contributed by atoms with Crippen LogP contribution in [0.1, 0.15) is 11.7 Å². The van der Waals surface area contributed by atoms with E-state index in [1.807, 2.05) is 0 Å². The van der Waals surface area contributed by atoms with Gasteiger partial charge in [-0.3, -0.25) is 4.99 Å². The molecule has 4 N–H and O–H groups in total. The van der Waals surface area contributed by atoms with Crippen LogP contribution in [0.5, 0.6) is 0 Å².